The number of allylic oxidation sites excluding steroid dienone is 2. The third-order valence-corrected chi connectivity index (χ3v) is 7.64. The molecule has 11 nitrogen and oxygen atoms in total. The number of nitrogens with two attached hydrogens (primary N) is 1. The average molecular weight is 584 g/mol. The maximum Gasteiger partial charge on any atom is 0.353 e. The van der Waals surface area contributed by atoms with Crippen molar-refractivity contribution in [3.8, 4) is 0 Å². The molecule has 4 N–H and O–H groups in total. The lowest BCUT2D eigenvalue weighted by atomic mass is 10.1. The Labute approximate surface area is 239 Å². The van der Waals surface area contributed by atoms with Crippen LogP contribution in [0.1, 0.15) is 90.4 Å². The molecule has 0 amide bonds. The number of fused-ring (bicyclic) bond motifs is 1. The molecule has 0 aromatic carbocycles. The molecule has 0 spiro atoms. The van der Waals surface area contributed by atoms with E-state index in [1.165, 1.54) is 76.9 Å². The number of rotatable bonds is 25. The Kier molecular flexibility index (Phi) is 17.9. The van der Waals surface area contributed by atoms with Crippen molar-refractivity contribution in [2.24, 2.45) is 0 Å². The smallest absolute Gasteiger partial charge is 0.353 e. The van der Waals surface area contributed by atoms with E-state index in [1.807, 2.05) is 0 Å². The van der Waals surface area contributed by atoms with Crippen molar-refractivity contribution in [3.05, 3.63) is 24.8 Å². The molecule has 0 saturated carbocycles. The highest BCUT2D eigenvalue weighted by molar-refractivity contribution is 7.52. The fourth-order valence-electron chi connectivity index (χ4n) is 4.27. The number of nitrogens with zero attached hydrogens (tertiary/aromatic N) is 4. The minimum atomic E-state index is -3.99. The molecule has 2 aromatic rings. The first kappa shape index (κ1) is 34.3. The molecule has 2 atom stereocenters. The third-order valence-electron chi connectivity index (χ3n) is 6.58. The van der Waals surface area contributed by atoms with Crippen LogP contribution in [-0.4, -0.2) is 68.4 Å². The van der Waals surface area contributed by atoms with Crippen molar-refractivity contribution < 1.29 is 28.6 Å². The molecule has 2 heterocycles. The number of anilines is 1. The fraction of sp³-hybridized carbons (Fsp3) is 0.750. The number of unbranched alkanes of at least 4 members (excludes halogenated alkanes) is 11. The number of imidazole rings is 1. The third kappa shape index (κ3) is 14.7. The SMILES string of the molecule is CCCCCCCC/C=C\CCCCCCCOCCOP(=O)(O)COC(CO)Cn1cnc2c(N)ncnc21. The summed E-state index contributed by atoms with van der Waals surface area (Å²) in [6.07, 6.45) is 22.4. The predicted octanol–water partition coefficient (Wildman–Crippen LogP) is 5.61. The molecule has 0 radical (unpaired) electrons. The quantitative estimate of drug-likeness (QED) is 0.0763. The van der Waals surface area contributed by atoms with Gasteiger partial charge in [-0.2, -0.15) is 0 Å². The van der Waals surface area contributed by atoms with Gasteiger partial charge in [0.05, 0.1) is 38.8 Å². The first-order chi connectivity index (χ1) is 19.5. The Morgan fingerprint density at radius 3 is 2.33 bits per heavy atom. The Balaban J connectivity index is 1.44. The van der Waals surface area contributed by atoms with Crippen LogP contribution >= 0.6 is 7.60 Å². The standard InChI is InChI=1S/C28H50N5O6P/c1-2-3-4-5-6-7-8-9-10-11-12-13-14-15-16-17-37-18-19-39-40(35,36)24-38-25(21-34)20-33-23-32-26-27(29)30-22-31-28(26)33/h9-10,22-23,25,34H,2-8,11-21,24H2,1H3,(H,35,36)(H2,29,30,31)/b10-9-. The average Bonchev–Trinajstić information content (AvgIpc) is 3.36. The van der Waals surface area contributed by atoms with Gasteiger partial charge in [-0.15, -0.1) is 0 Å². The summed E-state index contributed by atoms with van der Waals surface area (Å²) in [6, 6.07) is 0. The van der Waals surface area contributed by atoms with Crippen molar-refractivity contribution in [2.45, 2.75) is 103 Å². The summed E-state index contributed by atoms with van der Waals surface area (Å²) in [7, 11) is -3.99. The van der Waals surface area contributed by atoms with Gasteiger partial charge < -0.3 is 34.3 Å². The van der Waals surface area contributed by atoms with Crippen LogP contribution in [0.4, 0.5) is 5.82 Å². The van der Waals surface area contributed by atoms with E-state index in [9.17, 15) is 14.6 Å². The number of ether oxygens (including phenoxy) is 2. The number of nitrogen functional groups attached to an aromatic ring is 1. The van der Waals surface area contributed by atoms with Gasteiger partial charge in [-0.1, -0.05) is 70.4 Å². The Hall–Kier alpha value is -1.88. The van der Waals surface area contributed by atoms with Crippen LogP contribution in [0.15, 0.2) is 24.8 Å². The van der Waals surface area contributed by atoms with Crippen molar-refractivity contribution >= 4 is 24.6 Å². The molecule has 2 rings (SSSR count). The van der Waals surface area contributed by atoms with Crippen LogP contribution < -0.4 is 5.73 Å². The van der Waals surface area contributed by atoms with Gasteiger partial charge in [0.25, 0.3) is 0 Å². The lowest BCUT2D eigenvalue weighted by molar-refractivity contribution is 0.0160. The minimum absolute atomic E-state index is 0.00560. The molecule has 0 aliphatic carbocycles. The van der Waals surface area contributed by atoms with E-state index in [4.69, 9.17) is 19.7 Å². The zero-order valence-corrected chi connectivity index (χ0v) is 25.1. The van der Waals surface area contributed by atoms with E-state index in [1.54, 1.807) is 4.57 Å². The second-order valence-corrected chi connectivity index (χ2v) is 11.9. The van der Waals surface area contributed by atoms with Crippen LogP contribution in [0.25, 0.3) is 11.2 Å². The van der Waals surface area contributed by atoms with Gasteiger partial charge in [0.2, 0.25) is 0 Å². The highest BCUT2D eigenvalue weighted by Gasteiger charge is 2.23. The van der Waals surface area contributed by atoms with E-state index >= 15 is 0 Å². The fourth-order valence-corrected chi connectivity index (χ4v) is 5.10. The molecule has 0 bridgehead atoms. The molecule has 228 valence electrons. The molecular formula is C28H50N5O6P. The summed E-state index contributed by atoms with van der Waals surface area (Å²) in [6.45, 7) is 2.90. The molecular weight excluding hydrogens is 533 g/mol. The van der Waals surface area contributed by atoms with E-state index < -0.39 is 20.0 Å². The zero-order valence-electron chi connectivity index (χ0n) is 24.2. The molecule has 0 saturated heterocycles. The second kappa shape index (κ2) is 20.9. The van der Waals surface area contributed by atoms with Gasteiger partial charge in [0.15, 0.2) is 11.5 Å². The number of aliphatic hydroxyl groups is 1. The molecule has 2 aromatic heterocycles. The molecule has 2 unspecified atom stereocenters. The Bertz CT molecular complexity index is 1000. The van der Waals surface area contributed by atoms with E-state index in [0.29, 0.717) is 17.8 Å². The van der Waals surface area contributed by atoms with E-state index in [2.05, 4.69) is 34.0 Å². The molecule has 40 heavy (non-hydrogen) atoms. The number of aromatic nitrogens is 4. The van der Waals surface area contributed by atoms with Gasteiger partial charge in [-0.25, -0.2) is 15.0 Å². The van der Waals surface area contributed by atoms with Gasteiger partial charge in [-0.3, -0.25) is 4.57 Å². The highest BCUT2D eigenvalue weighted by atomic mass is 31.2. The topological polar surface area (TPSA) is 155 Å². The highest BCUT2D eigenvalue weighted by Crippen LogP contribution is 2.41. The van der Waals surface area contributed by atoms with Crippen molar-refractivity contribution in [1.29, 1.82) is 0 Å². The number of hydrogen-bond acceptors (Lipinski definition) is 9. The van der Waals surface area contributed by atoms with Crippen LogP contribution in [-0.2, 0) is 25.1 Å². The Morgan fingerprint density at radius 1 is 0.950 bits per heavy atom. The lowest BCUT2D eigenvalue weighted by Gasteiger charge is -2.19. The van der Waals surface area contributed by atoms with Crippen molar-refractivity contribution in [2.75, 3.05) is 38.5 Å². The summed E-state index contributed by atoms with van der Waals surface area (Å²) in [4.78, 5) is 22.2. The first-order valence-electron chi connectivity index (χ1n) is 14.8. The van der Waals surface area contributed by atoms with Crippen LogP contribution in [0.5, 0.6) is 0 Å². The molecule has 0 aliphatic heterocycles. The van der Waals surface area contributed by atoms with Gasteiger partial charge >= 0.3 is 7.60 Å². The van der Waals surface area contributed by atoms with E-state index in [0.717, 1.165) is 19.3 Å². The maximum absolute atomic E-state index is 12.3. The monoisotopic (exact) mass is 583 g/mol. The molecule has 12 heteroatoms. The molecule has 0 fully saturated rings. The van der Waals surface area contributed by atoms with Crippen LogP contribution in [0.3, 0.4) is 0 Å². The summed E-state index contributed by atoms with van der Waals surface area (Å²) < 4.78 is 30.0. The Morgan fingerprint density at radius 2 is 1.62 bits per heavy atom. The van der Waals surface area contributed by atoms with Crippen LogP contribution in [0, 0.1) is 0 Å². The van der Waals surface area contributed by atoms with Gasteiger partial charge in [-0.05, 0) is 32.1 Å². The predicted molar refractivity (Wildman–Crippen MR) is 158 cm³/mol. The number of hydrogen-bond donors (Lipinski definition) is 3. The van der Waals surface area contributed by atoms with Crippen molar-refractivity contribution in [1.82, 2.24) is 19.5 Å². The van der Waals surface area contributed by atoms with E-state index in [-0.39, 0.29) is 32.2 Å². The molecule has 0 aliphatic rings. The summed E-state index contributed by atoms with van der Waals surface area (Å²) in [5, 5.41) is 9.64. The first-order valence-corrected chi connectivity index (χ1v) is 16.6. The summed E-state index contributed by atoms with van der Waals surface area (Å²) in [5.74, 6) is 0.248. The summed E-state index contributed by atoms with van der Waals surface area (Å²) in [5.41, 5.74) is 6.71. The maximum atomic E-state index is 12.3. The van der Waals surface area contributed by atoms with Crippen LogP contribution in [0.2, 0.25) is 0 Å². The minimum Gasteiger partial charge on any atom is -0.394 e. The second-order valence-electron chi connectivity index (χ2n) is 10.1. The zero-order chi connectivity index (χ0) is 28.9. The largest absolute Gasteiger partial charge is 0.394 e. The van der Waals surface area contributed by atoms with Gasteiger partial charge in [0.1, 0.15) is 18.2 Å². The number of aliphatic hydroxyl groups excluding tert-OH is 1. The van der Waals surface area contributed by atoms with Gasteiger partial charge in [0, 0.05) is 6.61 Å². The summed E-state index contributed by atoms with van der Waals surface area (Å²) >= 11 is 0. The lowest BCUT2D eigenvalue weighted by Crippen LogP contribution is -2.25. The normalized spacial score (nSPS) is 14.3. The van der Waals surface area contributed by atoms with Crippen molar-refractivity contribution in [3.63, 3.8) is 0 Å².